The van der Waals surface area contributed by atoms with Gasteiger partial charge in [-0.1, -0.05) is 18.2 Å². The van der Waals surface area contributed by atoms with Crippen LogP contribution < -0.4 is 17.2 Å². The Kier molecular flexibility index (Phi) is 11.1. The Hall–Kier alpha value is -2.99. The number of hydrogen-bond acceptors (Lipinski definition) is 7. The van der Waals surface area contributed by atoms with E-state index in [9.17, 15) is 14.4 Å². The van der Waals surface area contributed by atoms with E-state index in [1.165, 1.54) is 6.92 Å². The summed E-state index contributed by atoms with van der Waals surface area (Å²) in [4.78, 5) is 32.8. The molecule has 1 aromatic heterocycles. The number of hydrogen-bond donors (Lipinski definition) is 8. The summed E-state index contributed by atoms with van der Waals surface area (Å²) in [6, 6.07) is 5.76. The second-order valence-corrected chi connectivity index (χ2v) is 5.71. The van der Waals surface area contributed by atoms with Crippen molar-refractivity contribution in [2.45, 2.75) is 31.5 Å². The molecule has 0 amide bonds. The number of rotatable bonds is 6. The number of carboxylic acids is 3. The van der Waals surface area contributed by atoms with Gasteiger partial charge in [0, 0.05) is 23.5 Å². The lowest BCUT2D eigenvalue weighted by Gasteiger charge is -2.06. The molecule has 11 N–H and O–H groups in total. The Morgan fingerprint density at radius 2 is 1.61 bits per heavy atom. The maximum absolute atomic E-state index is 10.6. The Labute approximate surface area is 160 Å². The van der Waals surface area contributed by atoms with Gasteiger partial charge in [-0.05, 0) is 18.6 Å². The molecule has 3 unspecified atom stereocenters. The summed E-state index contributed by atoms with van der Waals surface area (Å²) in [6.45, 7) is 1.05. The zero-order valence-corrected chi connectivity index (χ0v) is 15.3. The Bertz CT molecular complexity index is 776. The first-order valence-corrected chi connectivity index (χ1v) is 8.12. The highest BCUT2D eigenvalue weighted by molar-refractivity contribution is 5.84. The number of carbonyl (C=O) groups is 3. The third-order valence-corrected chi connectivity index (χ3v) is 3.41. The topological polar surface area (TPSA) is 226 Å². The van der Waals surface area contributed by atoms with E-state index in [0.29, 0.717) is 6.42 Å². The van der Waals surface area contributed by atoms with Gasteiger partial charge in [0.1, 0.15) is 12.1 Å². The molecule has 2 rings (SSSR count). The van der Waals surface area contributed by atoms with Crippen molar-refractivity contribution < 1.29 is 34.8 Å². The molecular weight excluding hydrogens is 372 g/mol. The lowest BCUT2D eigenvalue weighted by molar-refractivity contribution is -0.141. The molecule has 28 heavy (non-hydrogen) atoms. The molecular formula is C17H26N4O7. The number of aromatic nitrogens is 1. The van der Waals surface area contributed by atoms with E-state index in [4.69, 9.17) is 31.9 Å². The molecule has 2 aromatic rings. The van der Waals surface area contributed by atoms with Gasteiger partial charge in [0.25, 0.3) is 0 Å². The largest absolute Gasteiger partial charge is 0.480 e. The molecule has 1 heterocycles. The smallest absolute Gasteiger partial charge is 0.323 e. The van der Waals surface area contributed by atoms with Crippen molar-refractivity contribution in [1.82, 2.24) is 4.98 Å². The normalized spacial score (nSPS) is 13.2. The summed E-state index contributed by atoms with van der Waals surface area (Å²) in [7, 11) is 0. The molecule has 0 aliphatic rings. The number of aromatic amines is 1. The summed E-state index contributed by atoms with van der Waals surface area (Å²) in [5, 5.41) is 33.9. The van der Waals surface area contributed by atoms with E-state index in [1.54, 1.807) is 0 Å². The van der Waals surface area contributed by atoms with Crippen molar-refractivity contribution in [3.05, 3.63) is 36.0 Å². The number of aliphatic carboxylic acids is 3. The van der Waals surface area contributed by atoms with Gasteiger partial charge in [-0.15, -0.1) is 0 Å². The molecule has 11 heteroatoms. The van der Waals surface area contributed by atoms with Crippen LogP contribution in [-0.2, 0) is 20.8 Å². The number of aliphatic hydroxyl groups excluding tert-OH is 1. The van der Waals surface area contributed by atoms with Crippen molar-refractivity contribution >= 4 is 28.8 Å². The second-order valence-electron chi connectivity index (χ2n) is 5.71. The van der Waals surface area contributed by atoms with Crippen molar-refractivity contribution in [2.24, 2.45) is 17.2 Å². The van der Waals surface area contributed by atoms with Crippen LogP contribution in [-0.4, -0.2) is 68.1 Å². The molecule has 0 saturated carbocycles. The number of carboxylic acid groups (broad SMARTS) is 3. The lowest BCUT2D eigenvalue weighted by Crippen LogP contribution is -2.39. The quantitative estimate of drug-likeness (QED) is 0.294. The van der Waals surface area contributed by atoms with Crippen LogP contribution in [0.2, 0.25) is 0 Å². The SMILES string of the molecule is CC(O)C(N)C(=O)O.NC(Cc1c[nH]c2ccccc12)C(=O)O.NCC(=O)O. The van der Waals surface area contributed by atoms with Crippen LogP contribution >= 0.6 is 0 Å². The zero-order chi connectivity index (χ0) is 21.9. The molecule has 0 bridgehead atoms. The molecule has 0 radical (unpaired) electrons. The van der Waals surface area contributed by atoms with Gasteiger partial charge >= 0.3 is 17.9 Å². The standard InChI is InChI=1S/C11H12N2O2.C4H9NO3.C2H5NO2/c12-9(11(14)15)5-7-6-13-10-4-2-1-3-8(7)10;1-2(6)3(5)4(7)8;3-1-2(4)5/h1-4,6,9,13H,5,12H2,(H,14,15);2-3,6H,5H2,1H3,(H,7,8);1,3H2,(H,4,5). The van der Waals surface area contributed by atoms with Gasteiger partial charge < -0.3 is 42.6 Å². The molecule has 156 valence electrons. The minimum absolute atomic E-state index is 0.278. The fraction of sp³-hybridized carbons (Fsp3) is 0.353. The Morgan fingerprint density at radius 1 is 1.07 bits per heavy atom. The van der Waals surface area contributed by atoms with E-state index < -0.39 is 36.1 Å². The molecule has 0 saturated heterocycles. The summed E-state index contributed by atoms with van der Waals surface area (Å²) in [6.07, 6.45) is 1.18. The van der Waals surface area contributed by atoms with Crippen molar-refractivity contribution in [1.29, 1.82) is 0 Å². The third kappa shape index (κ3) is 9.09. The summed E-state index contributed by atoms with van der Waals surface area (Å²) < 4.78 is 0. The van der Waals surface area contributed by atoms with E-state index in [0.717, 1.165) is 16.5 Å². The zero-order valence-electron chi connectivity index (χ0n) is 15.3. The van der Waals surface area contributed by atoms with Crippen molar-refractivity contribution in [3.63, 3.8) is 0 Å². The minimum Gasteiger partial charge on any atom is -0.480 e. The van der Waals surface area contributed by atoms with Gasteiger partial charge in [0.05, 0.1) is 12.6 Å². The van der Waals surface area contributed by atoms with Crippen LogP contribution in [0.25, 0.3) is 10.9 Å². The molecule has 0 fully saturated rings. The maximum Gasteiger partial charge on any atom is 0.323 e. The van der Waals surface area contributed by atoms with E-state index >= 15 is 0 Å². The van der Waals surface area contributed by atoms with E-state index in [-0.39, 0.29) is 6.54 Å². The predicted molar refractivity (Wildman–Crippen MR) is 102 cm³/mol. The monoisotopic (exact) mass is 398 g/mol. The molecule has 0 aliphatic carbocycles. The first kappa shape index (κ1) is 25.0. The summed E-state index contributed by atoms with van der Waals surface area (Å²) >= 11 is 0. The number of H-pyrrole nitrogens is 1. The number of nitrogens with two attached hydrogens (primary N) is 3. The van der Waals surface area contributed by atoms with Gasteiger partial charge in [0.15, 0.2) is 0 Å². The number of nitrogens with one attached hydrogen (secondary N) is 1. The summed E-state index contributed by atoms with van der Waals surface area (Å²) in [5.41, 5.74) is 16.9. The molecule has 11 nitrogen and oxygen atoms in total. The average molecular weight is 398 g/mol. The fourth-order valence-corrected chi connectivity index (χ4v) is 1.83. The van der Waals surface area contributed by atoms with Crippen LogP contribution in [0.3, 0.4) is 0 Å². The molecule has 1 aromatic carbocycles. The van der Waals surface area contributed by atoms with Crippen LogP contribution in [0.4, 0.5) is 0 Å². The predicted octanol–water partition coefficient (Wildman–Crippen LogP) is -1.07. The maximum atomic E-state index is 10.6. The number of aliphatic hydroxyl groups is 1. The van der Waals surface area contributed by atoms with Gasteiger partial charge in [-0.3, -0.25) is 14.4 Å². The average Bonchev–Trinajstić information content (AvgIpc) is 3.04. The Balaban J connectivity index is 0.000000474. The number of benzene rings is 1. The number of para-hydroxylation sites is 1. The van der Waals surface area contributed by atoms with Gasteiger partial charge in [-0.2, -0.15) is 0 Å². The first-order valence-electron chi connectivity index (χ1n) is 8.12. The van der Waals surface area contributed by atoms with E-state index in [1.807, 2.05) is 30.5 Å². The second kappa shape index (κ2) is 12.4. The molecule has 3 atom stereocenters. The third-order valence-electron chi connectivity index (χ3n) is 3.41. The van der Waals surface area contributed by atoms with Crippen LogP contribution in [0.15, 0.2) is 30.5 Å². The fourth-order valence-electron chi connectivity index (χ4n) is 1.83. The highest BCUT2D eigenvalue weighted by atomic mass is 16.4. The molecule has 0 aliphatic heterocycles. The van der Waals surface area contributed by atoms with Gasteiger partial charge in [0.2, 0.25) is 0 Å². The van der Waals surface area contributed by atoms with Gasteiger partial charge in [-0.25, -0.2) is 0 Å². The van der Waals surface area contributed by atoms with Crippen LogP contribution in [0.5, 0.6) is 0 Å². The molecule has 0 spiro atoms. The van der Waals surface area contributed by atoms with Crippen LogP contribution in [0, 0.1) is 0 Å². The van der Waals surface area contributed by atoms with E-state index in [2.05, 4.69) is 10.7 Å². The highest BCUT2D eigenvalue weighted by Crippen LogP contribution is 2.18. The van der Waals surface area contributed by atoms with Crippen molar-refractivity contribution in [3.8, 4) is 0 Å². The minimum atomic E-state index is -1.18. The highest BCUT2D eigenvalue weighted by Gasteiger charge is 2.16. The Morgan fingerprint density at radius 3 is 2.00 bits per heavy atom. The van der Waals surface area contributed by atoms with Crippen LogP contribution in [0.1, 0.15) is 12.5 Å². The number of fused-ring (bicyclic) bond motifs is 1. The first-order chi connectivity index (χ1) is 13.0. The summed E-state index contributed by atoms with van der Waals surface area (Å²) in [5.74, 6) is -3.12. The van der Waals surface area contributed by atoms with Crippen molar-refractivity contribution in [2.75, 3.05) is 6.54 Å². The lowest BCUT2D eigenvalue weighted by atomic mass is 10.1.